The zero-order valence-corrected chi connectivity index (χ0v) is 10.2. The van der Waals surface area contributed by atoms with E-state index in [9.17, 15) is 5.11 Å². The van der Waals surface area contributed by atoms with Gasteiger partial charge in [-0.25, -0.2) is 0 Å². The lowest BCUT2D eigenvalue weighted by atomic mass is 9.94. The lowest BCUT2D eigenvalue weighted by Crippen LogP contribution is -2.41. The molecule has 3 nitrogen and oxygen atoms in total. The maximum absolute atomic E-state index is 9.94. The Morgan fingerprint density at radius 3 is 2.81 bits per heavy atom. The summed E-state index contributed by atoms with van der Waals surface area (Å²) in [7, 11) is 0. The van der Waals surface area contributed by atoms with Gasteiger partial charge in [0, 0.05) is 29.4 Å². The van der Waals surface area contributed by atoms with Gasteiger partial charge >= 0.3 is 0 Å². The van der Waals surface area contributed by atoms with E-state index in [0.29, 0.717) is 5.75 Å². The third-order valence-corrected chi connectivity index (χ3v) is 2.79. The highest BCUT2D eigenvalue weighted by Crippen LogP contribution is 2.37. The third kappa shape index (κ3) is 2.30. The van der Waals surface area contributed by atoms with E-state index < -0.39 is 0 Å². The van der Waals surface area contributed by atoms with Gasteiger partial charge in [0.05, 0.1) is 0 Å². The smallest absolute Gasteiger partial charge is 0.122 e. The Kier molecular flexibility index (Phi) is 2.80. The van der Waals surface area contributed by atoms with Gasteiger partial charge in [-0.1, -0.05) is 6.07 Å². The topological polar surface area (TPSA) is 44.3 Å². The third-order valence-electron chi connectivity index (χ3n) is 2.79. The van der Waals surface area contributed by atoms with E-state index in [-0.39, 0.29) is 11.6 Å². The van der Waals surface area contributed by atoms with E-state index in [4.69, 9.17) is 0 Å². The van der Waals surface area contributed by atoms with Crippen molar-refractivity contribution in [2.24, 2.45) is 0 Å². The molecule has 0 radical (unpaired) electrons. The molecule has 1 atom stereocenters. The van der Waals surface area contributed by atoms with Crippen LogP contribution in [0.2, 0.25) is 0 Å². The van der Waals surface area contributed by atoms with Crippen molar-refractivity contribution in [3.05, 3.63) is 23.8 Å². The van der Waals surface area contributed by atoms with Gasteiger partial charge in [-0.15, -0.1) is 0 Å². The first-order valence-electron chi connectivity index (χ1n) is 5.81. The predicted molar refractivity (Wildman–Crippen MR) is 66.8 cm³/mol. The quantitative estimate of drug-likeness (QED) is 0.681. The summed E-state index contributed by atoms with van der Waals surface area (Å²) in [4.78, 5) is 0. The molecule has 0 saturated carbocycles. The molecule has 1 aliphatic heterocycles. The Balaban J connectivity index is 2.32. The number of hydrogen-bond acceptors (Lipinski definition) is 3. The van der Waals surface area contributed by atoms with Crippen molar-refractivity contribution in [3.63, 3.8) is 0 Å². The molecule has 3 N–H and O–H groups in total. The zero-order valence-electron chi connectivity index (χ0n) is 10.2. The largest absolute Gasteiger partial charge is 0.508 e. The van der Waals surface area contributed by atoms with Gasteiger partial charge in [-0.3, -0.25) is 0 Å². The highest BCUT2D eigenvalue weighted by atomic mass is 16.3. The minimum absolute atomic E-state index is 0.0571. The Morgan fingerprint density at radius 2 is 2.12 bits per heavy atom. The monoisotopic (exact) mass is 220 g/mol. The van der Waals surface area contributed by atoms with E-state index in [1.165, 1.54) is 0 Å². The number of fused-ring (bicyclic) bond motifs is 1. The Labute approximate surface area is 96.9 Å². The highest BCUT2D eigenvalue weighted by molar-refractivity contribution is 5.60. The molecule has 1 aliphatic rings. The van der Waals surface area contributed by atoms with Crippen molar-refractivity contribution in [1.29, 1.82) is 0 Å². The molecule has 88 valence electrons. The highest BCUT2D eigenvalue weighted by Gasteiger charge is 2.26. The molecule has 1 aromatic carbocycles. The Bertz CT molecular complexity index is 382. The second-order valence-corrected chi connectivity index (χ2v) is 5.40. The predicted octanol–water partition coefficient (Wildman–Crippen LogP) is 2.64. The first kappa shape index (κ1) is 11.3. The van der Waals surface area contributed by atoms with Gasteiger partial charge in [0.15, 0.2) is 0 Å². The molecule has 1 heterocycles. The van der Waals surface area contributed by atoms with Gasteiger partial charge in [0.1, 0.15) is 5.75 Å². The summed E-state index contributed by atoms with van der Waals surface area (Å²) in [6.45, 7) is 7.39. The molecular formula is C13H20N2O. The second kappa shape index (κ2) is 3.98. The molecule has 1 unspecified atom stereocenters. The fraction of sp³-hybridized carbons (Fsp3) is 0.538. The van der Waals surface area contributed by atoms with Crippen molar-refractivity contribution in [2.75, 3.05) is 11.9 Å². The molecule has 16 heavy (non-hydrogen) atoms. The van der Waals surface area contributed by atoms with E-state index in [2.05, 4.69) is 31.4 Å². The Morgan fingerprint density at radius 1 is 1.38 bits per heavy atom. The van der Waals surface area contributed by atoms with Crippen LogP contribution in [0, 0.1) is 0 Å². The maximum Gasteiger partial charge on any atom is 0.122 e. The zero-order chi connectivity index (χ0) is 11.8. The number of anilines is 1. The summed E-state index contributed by atoms with van der Waals surface area (Å²) >= 11 is 0. The number of aromatic hydroxyl groups is 1. The molecule has 0 spiro atoms. The molecule has 2 rings (SSSR count). The van der Waals surface area contributed by atoms with Crippen molar-refractivity contribution >= 4 is 5.69 Å². The number of rotatable bonds is 1. The van der Waals surface area contributed by atoms with E-state index in [1.54, 1.807) is 6.07 Å². The lowest BCUT2D eigenvalue weighted by Gasteiger charge is -2.33. The molecule has 0 aliphatic carbocycles. The summed E-state index contributed by atoms with van der Waals surface area (Å²) < 4.78 is 0. The average molecular weight is 220 g/mol. The molecular weight excluding hydrogens is 200 g/mol. The van der Waals surface area contributed by atoms with Crippen LogP contribution in [0.4, 0.5) is 5.69 Å². The second-order valence-electron chi connectivity index (χ2n) is 5.40. The van der Waals surface area contributed by atoms with E-state index in [1.807, 2.05) is 12.1 Å². The van der Waals surface area contributed by atoms with Crippen LogP contribution in [0.25, 0.3) is 0 Å². The van der Waals surface area contributed by atoms with Crippen molar-refractivity contribution in [2.45, 2.75) is 38.8 Å². The molecule has 3 heteroatoms. The fourth-order valence-electron chi connectivity index (χ4n) is 2.24. The van der Waals surface area contributed by atoms with Crippen LogP contribution in [0.5, 0.6) is 5.75 Å². The van der Waals surface area contributed by atoms with Crippen molar-refractivity contribution in [3.8, 4) is 5.75 Å². The van der Waals surface area contributed by atoms with Crippen molar-refractivity contribution < 1.29 is 5.11 Å². The standard InChI is InChI=1S/C13H20N2O/c1-13(2,3)15-10-7-8-14-9-5-4-6-11(16)12(9)10/h4-6,10,14-16H,7-8H2,1-3H3. The number of nitrogens with one attached hydrogen (secondary N) is 2. The van der Waals surface area contributed by atoms with Gasteiger partial charge in [-0.2, -0.15) is 0 Å². The molecule has 0 amide bonds. The van der Waals surface area contributed by atoms with Crippen LogP contribution in [0.1, 0.15) is 38.8 Å². The minimum atomic E-state index is 0.0571. The number of phenols is 1. The summed E-state index contributed by atoms with van der Waals surface area (Å²) in [5.74, 6) is 0.381. The molecule has 0 aromatic heterocycles. The molecule has 0 saturated heterocycles. The number of hydrogen-bond donors (Lipinski definition) is 3. The van der Waals surface area contributed by atoms with Crippen LogP contribution in [0.15, 0.2) is 18.2 Å². The molecule has 0 fully saturated rings. The van der Waals surface area contributed by atoms with Crippen LogP contribution >= 0.6 is 0 Å². The van der Waals surface area contributed by atoms with E-state index >= 15 is 0 Å². The normalized spacial score (nSPS) is 20.1. The van der Waals surface area contributed by atoms with E-state index in [0.717, 1.165) is 24.2 Å². The summed E-state index contributed by atoms with van der Waals surface area (Å²) in [6.07, 6.45) is 1.00. The van der Waals surface area contributed by atoms with Crippen LogP contribution in [-0.2, 0) is 0 Å². The van der Waals surface area contributed by atoms with Crippen LogP contribution in [-0.4, -0.2) is 17.2 Å². The fourth-order valence-corrected chi connectivity index (χ4v) is 2.24. The number of phenolic OH excluding ortho intramolecular Hbond substituents is 1. The van der Waals surface area contributed by atoms with Gasteiger partial charge in [-0.05, 0) is 39.3 Å². The van der Waals surface area contributed by atoms with Crippen LogP contribution in [0.3, 0.4) is 0 Å². The average Bonchev–Trinajstić information content (AvgIpc) is 2.15. The maximum atomic E-state index is 9.94. The van der Waals surface area contributed by atoms with Gasteiger partial charge in [0.25, 0.3) is 0 Å². The minimum Gasteiger partial charge on any atom is -0.508 e. The van der Waals surface area contributed by atoms with Crippen LogP contribution < -0.4 is 10.6 Å². The molecule has 1 aromatic rings. The Hall–Kier alpha value is -1.22. The summed E-state index contributed by atoms with van der Waals surface area (Å²) in [5, 5.41) is 16.8. The summed E-state index contributed by atoms with van der Waals surface area (Å²) in [6, 6.07) is 5.88. The van der Waals surface area contributed by atoms with Gasteiger partial charge in [0.2, 0.25) is 0 Å². The van der Waals surface area contributed by atoms with Gasteiger partial charge < -0.3 is 15.7 Å². The van der Waals surface area contributed by atoms with Crippen molar-refractivity contribution in [1.82, 2.24) is 5.32 Å². The summed E-state index contributed by atoms with van der Waals surface area (Å²) in [5.41, 5.74) is 2.11. The first-order chi connectivity index (χ1) is 7.47. The molecule has 0 bridgehead atoms. The number of benzene rings is 1. The lowest BCUT2D eigenvalue weighted by molar-refractivity contribution is 0.342. The first-order valence-corrected chi connectivity index (χ1v) is 5.81. The SMILES string of the molecule is CC(C)(C)NC1CCNc2cccc(O)c21.